The van der Waals surface area contributed by atoms with E-state index in [1.54, 1.807) is 23.4 Å². The fourth-order valence-corrected chi connectivity index (χ4v) is 1.60. The van der Waals surface area contributed by atoms with Crippen molar-refractivity contribution in [3.8, 4) is 0 Å². The van der Waals surface area contributed by atoms with Crippen LogP contribution in [0.25, 0.3) is 6.08 Å². The standard InChI is InChI=1S/C10H10N4O3S/c15-14(16)9-4-3-8(17-9)2-1-5-12-13-7-6-11-10(13)18/h1-5H,6-7H2,(H,11,18). The van der Waals surface area contributed by atoms with Gasteiger partial charge in [0.25, 0.3) is 0 Å². The Morgan fingerprint density at radius 3 is 3.06 bits per heavy atom. The van der Waals surface area contributed by atoms with E-state index in [2.05, 4.69) is 10.4 Å². The van der Waals surface area contributed by atoms with Crippen molar-refractivity contribution < 1.29 is 9.34 Å². The van der Waals surface area contributed by atoms with Crippen LogP contribution in [0.2, 0.25) is 0 Å². The fourth-order valence-electron chi connectivity index (χ4n) is 1.36. The number of thiocarbonyl (C=S) groups is 1. The van der Waals surface area contributed by atoms with Crippen molar-refractivity contribution in [2.75, 3.05) is 13.1 Å². The maximum Gasteiger partial charge on any atom is 0.433 e. The zero-order valence-electron chi connectivity index (χ0n) is 9.28. The average Bonchev–Trinajstić information content (AvgIpc) is 2.94. The number of nitrogens with zero attached hydrogens (tertiary/aromatic N) is 3. The number of hydrogen-bond donors (Lipinski definition) is 1. The molecular formula is C10H10N4O3S. The van der Waals surface area contributed by atoms with Gasteiger partial charge in [-0.25, -0.2) is 5.01 Å². The highest BCUT2D eigenvalue weighted by Crippen LogP contribution is 2.16. The Bertz CT molecular complexity index is 523. The summed E-state index contributed by atoms with van der Waals surface area (Å²) in [5.41, 5.74) is 0. The number of furan rings is 1. The van der Waals surface area contributed by atoms with E-state index in [0.29, 0.717) is 10.9 Å². The van der Waals surface area contributed by atoms with Crippen molar-refractivity contribution in [2.45, 2.75) is 0 Å². The van der Waals surface area contributed by atoms with Crippen LogP contribution in [0.5, 0.6) is 0 Å². The molecule has 0 bridgehead atoms. The largest absolute Gasteiger partial charge is 0.433 e. The first kappa shape index (κ1) is 12.2. The number of hydrogen-bond acceptors (Lipinski definition) is 5. The van der Waals surface area contributed by atoms with Crippen LogP contribution in [-0.2, 0) is 0 Å². The van der Waals surface area contributed by atoms with Crippen molar-refractivity contribution in [3.63, 3.8) is 0 Å². The van der Waals surface area contributed by atoms with Crippen LogP contribution in [0.3, 0.4) is 0 Å². The Kier molecular flexibility index (Phi) is 3.68. The number of rotatable bonds is 4. The lowest BCUT2D eigenvalue weighted by molar-refractivity contribution is -0.402. The van der Waals surface area contributed by atoms with Crippen molar-refractivity contribution in [1.29, 1.82) is 0 Å². The summed E-state index contributed by atoms with van der Waals surface area (Å²) in [7, 11) is 0. The van der Waals surface area contributed by atoms with Gasteiger partial charge in [0.05, 0.1) is 12.6 Å². The molecule has 1 aliphatic heterocycles. The Balaban J connectivity index is 1.92. The van der Waals surface area contributed by atoms with E-state index in [1.165, 1.54) is 12.1 Å². The van der Waals surface area contributed by atoms with E-state index in [4.69, 9.17) is 16.6 Å². The Morgan fingerprint density at radius 1 is 1.61 bits per heavy atom. The normalized spacial score (nSPS) is 15.8. The first-order valence-electron chi connectivity index (χ1n) is 5.17. The summed E-state index contributed by atoms with van der Waals surface area (Å²) in [6.07, 6.45) is 4.76. The maximum absolute atomic E-state index is 10.4. The summed E-state index contributed by atoms with van der Waals surface area (Å²) >= 11 is 5.00. The lowest BCUT2D eigenvalue weighted by atomic mass is 10.4. The molecule has 94 valence electrons. The van der Waals surface area contributed by atoms with Gasteiger partial charge in [0.15, 0.2) is 5.11 Å². The molecule has 0 amide bonds. The van der Waals surface area contributed by atoms with Gasteiger partial charge in [-0.2, -0.15) is 5.10 Å². The molecule has 2 rings (SSSR count). The first-order chi connectivity index (χ1) is 8.66. The molecule has 1 saturated heterocycles. The summed E-state index contributed by atoms with van der Waals surface area (Å²) < 4.78 is 4.94. The smallest absolute Gasteiger partial charge is 0.401 e. The maximum atomic E-state index is 10.4. The van der Waals surface area contributed by atoms with Gasteiger partial charge in [0, 0.05) is 12.8 Å². The summed E-state index contributed by atoms with van der Waals surface area (Å²) in [5, 5.41) is 19.7. The molecular weight excluding hydrogens is 256 g/mol. The van der Waals surface area contributed by atoms with Crippen molar-refractivity contribution >= 4 is 35.5 Å². The van der Waals surface area contributed by atoms with Crippen LogP contribution >= 0.6 is 12.2 Å². The van der Waals surface area contributed by atoms with Gasteiger partial charge < -0.3 is 9.73 Å². The minimum Gasteiger partial charge on any atom is -0.401 e. The van der Waals surface area contributed by atoms with E-state index in [1.807, 2.05) is 0 Å². The first-order valence-corrected chi connectivity index (χ1v) is 5.58. The molecule has 0 aromatic carbocycles. The molecule has 7 nitrogen and oxygen atoms in total. The van der Waals surface area contributed by atoms with Crippen LogP contribution < -0.4 is 5.32 Å². The quantitative estimate of drug-likeness (QED) is 0.383. The highest BCUT2D eigenvalue weighted by atomic mass is 32.1. The van der Waals surface area contributed by atoms with E-state index >= 15 is 0 Å². The van der Waals surface area contributed by atoms with Crippen LogP contribution in [0, 0.1) is 10.1 Å². The van der Waals surface area contributed by atoms with Gasteiger partial charge in [-0.3, -0.25) is 10.1 Å². The Labute approximate surface area is 108 Å². The van der Waals surface area contributed by atoms with Gasteiger partial charge in [-0.15, -0.1) is 0 Å². The van der Waals surface area contributed by atoms with E-state index in [-0.39, 0.29) is 5.88 Å². The number of hydrazone groups is 1. The molecule has 1 aromatic rings. The second kappa shape index (κ2) is 5.41. The summed E-state index contributed by atoms with van der Waals surface area (Å²) in [6.45, 7) is 1.51. The predicted molar refractivity (Wildman–Crippen MR) is 70.2 cm³/mol. The van der Waals surface area contributed by atoms with Crippen molar-refractivity contribution in [2.24, 2.45) is 5.10 Å². The molecule has 0 atom stereocenters. The third-order valence-electron chi connectivity index (χ3n) is 2.18. The highest BCUT2D eigenvalue weighted by Gasteiger charge is 2.13. The number of allylic oxidation sites excluding steroid dienone is 1. The molecule has 1 N–H and O–H groups in total. The average molecular weight is 266 g/mol. The third-order valence-corrected chi connectivity index (χ3v) is 2.53. The van der Waals surface area contributed by atoms with Gasteiger partial charge in [0.1, 0.15) is 10.7 Å². The van der Waals surface area contributed by atoms with Gasteiger partial charge in [0.2, 0.25) is 0 Å². The molecule has 2 heterocycles. The second-order valence-electron chi connectivity index (χ2n) is 3.41. The molecule has 0 spiro atoms. The van der Waals surface area contributed by atoms with Crippen molar-refractivity contribution in [3.05, 3.63) is 34.1 Å². The van der Waals surface area contributed by atoms with Gasteiger partial charge in [-0.05, 0) is 30.4 Å². The summed E-state index contributed by atoms with van der Waals surface area (Å²) in [6, 6.07) is 2.82. The number of nitrogens with one attached hydrogen (secondary N) is 1. The Morgan fingerprint density at radius 2 is 2.44 bits per heavy atom. The van der Waals surface area contributed by atoms with Gasteiger partial charge in [-0.1, -0.05) is 0 Å². The zero-order chi connectivity index (χ0) is 13.0. The minimum atomic E-state index is -0.584. The zero-order valence-corrected chi connectivity index (χ0v) is 10.1. The fraction of sp³-hybridized carbons (Fsp3) is 0.200. The minimum absolute atomic E-state index is 0.281. The van der Waals surface area contributed by atoms with Crippen molar-refractivity contribution in [1.82, 2.24) is 10.3 Å². The van der Waals surface area contributed by atoms with E-state index < -0.39 is 4.92 Å². The molecule has 0 radical (unpaired) electrons. The van der Waals surface area contributed by atoms with Crippen LogP contribution in [-0.4, -0.2) is 34.3 Å². The molecule has 0 unspecified atom stereocenters. The van der Waals surface area contributed by atoms with Crippen LogP contribution in [0.15, 0.2) is 27.7 Å². The molecule has 18 heavy (non-hydrogen) atoms. The SMILES string of the molecule is O=[N+]([O-])c1ccc(C=CC=NN2CCNC2=S)o1. The molecule has 0 saturated carbocycles. The van der Waals surface area contributed by atoms with Crippen LogP contribution in [0.4, 0.5) is 5.88 Å². The summed E-state index contributed by atoms with van der Waals surface area (Å²) in [5.74, 6) is 0.117. The monoisotopic (exact) mass is 266 g/mol. The predicted octanol–water partition coefficient (Wildman–Crippen LogP) is 1.38. The lowest BCUT2D eigenvalue weighted by Gasteiger charge is -2.06. The third kappa shape index (κ3) is 2.92. The topological polar surface area (TPSA) is 83.9 Å². The molecule has 8 heteroatoms. The van der Waals surface area contributed by atoms with E-state index in [9.17, 15) is 10.1 Å². The molecule has 1 aliphatic rings. The van der Waals surface area contributed by atoms with Crippen LogP contribution in [0.1, 0.15) is 5.76 Å². The lowest BCUT2D eigenvalue weighted by Crippen LogP contribution is -2.22. The second-order valence-corrected chi connectivity index (χ2v) is 3.80. The summed E-state index contributed by atoms with van der Waals surface area (Å²) in [4.78, 5) is 9.80. The molecule has 1 aromatic heterocycles. The van der Waals surface area contributed by atoms with E-state index in [0.717, 1.165) is 13.1 Å². The Hall–Kier alpha value is -2.22. The van der Waals surface area contributed by atoms with Gasteiger partial charge >= 0.3 is 5.88 Å². The molecule has 1 fully saturated rings. The molecule has 0 aliphatic carbocycles. The number of nitro groups is 1. The highest BCUT2D eigenvalue weighted by molar-refractivity contribution is 7.80.